The second kappa shape index (κ2) is 13.0. The summed E-state index contributed by atoms with van der Waals surface area (Å²) >= 11 is 14.2. The Morgan fingerprint density at radius 1 is 0.917 bits per heavy atom. The number of rotatable bonds is 7. The molecule has 5 aromatic rings. The summed E-state index contributed by atoms with van der Waals surface area (Å²) in [6.07, 6.45) is 3.88. The molecule has 2 aliphatic rings. The maximum absolute atomic E-state index is 13.2. The monoisotopic (exact) mass is 687 g/mol. The molecule has 1 atom stereocenters. The lowest BCUT2D eigenvalue weighted by atomic mass is 9.99. The molecule has 0 amide bonds. The molecule has 1 aliphatic heterocycles. The van der Waals surface area contributed by atoms with Crippen molar-refractivity contribution in [1.82, 2.24) is 29.4 Å². The van der Waals surface area contributed by atoms with E-state index < -0.39 is 11.2 Å². The molecule has 1 unspecified atom stereocenters. The Morgan fingerprint density at radius 3 is 2.38 bits per heavy atom. The van der Waals surface area contributed by atoms with E-state index in [2.05, 4.69) is 26.7 Å². The van der Waals surface area contributed by atoms with Crippen molar-refractivity contribution in [2.45, 2.75) is 44.7 Å². The van der Waals surface area contributed by atoms with E-state index >= 15 is 0 Å². The zero-order valence-electron chi connectivity index (χ0n) is 27.1. The quantitative estimate of drug-likeness (QED) is 0.216. The number of hydrogen-bond acceptors (Lipinski definition) is 9. The van der Waals surface area contributed by atoms with Crippen LogP contribution < -0.4 is 26.6 Å². The second-order valence-electron chi connectivity index (χ2n) is 12.2. The van der Waals surface area contributed by atoms with Gasteiger partial charge in [-0.25, -0.2) is 19.7 Å². The Labute approximate surface area is 286 Å². The lowest BCUT2D eigenvalue weighted by Crippen LogP contribution is -2.37. The molecule has 1 saturated heterocycles. The largest absolute Gasteiger partial charge is 0.481 e. The van der Waals surface area contributed by atoms with Gasteiger partial charge in [0.05, 0.1) is 28.5 Å². The molecule has 0 bridgehead atoms. The third kappa shape index (κ3) is 5.64. The Morgan fingerprint density at radius 2 is 1.62 bits per heavy atom. The number of hydrogen-bond donors (Lipinski definition) is 2. The highest BCUT2D eigenvalue weighted by Gasteiger charge is 2.31. The minimum atomic E-state index is -0.512. The van der Waals surface area contributed by atoms with Gasteiger partial charge in [-0.05, 0) is 50.3 Å². The fraction of sp³-hybridized carbons (Fsp3) is 0.343. The molecule has 248 valence electrons. The van der Waals surface area contributed by atoms with Crippen molar-refractivity contribution in [3.05, 3.63) is 90.3 Å². The number of nitrogens with one attached hydrogen (secondary N) is 2. The second-order valence-corrected chi connectivity index (χ2v) is 13.0. The van der Waals surface area contributed by atoms with Crippen LogP contribution in [0.15, 0.2) is 52.1 Å². The molecule has 0 radical (unpaired) electrons. The van der Waals surface area contributed by atoms with E-state index in [-0.39, 0.29) is 22.9 Å². The molecule has 1 fully saturated rings. The summed E-state index contributed by atoms with van der Waals surface area (Å²) in [6.45, 7) is 3.26. The first kappa shape index (κ1) is 32.3. The molecule has 7 rings (SSSR count). The summed E-state index contributed by atoms with van der Waals surface area (Å²) in [5, 5.41) is 8.09. The molecule has 3 aromatic heterocycles. The number of anilines is 2. The van der Waals surface area contributed by atoms with Crippen LogP contribution in [0.4, 0.5) is 11.5 Å². The fourth-order valence-corrected chi connectivity index (χ4v) is 7.37. The SMILES string of the molecule is COc1nc(-c2cccc(-c3cccc(Nc4nc(C)nc5c4c(=O)n(C)c(=O)n5C)c3Cl)c2Cl)cc2c1C(NC1CCOCC1)CC2. The Bertz CT molecular complexity index is 2190. The summed E-state index contributed by atoms with van der Waals surface area (Å²) in [5.74, 6) is 1.23. The van der Waals surface area contributed by atoms with Crippen molar-refractivity contribution >= 4 is 45.7 Å². The zero-order valence-corrected chi connectivity index (χ0v) is 28.6. The number of fused-ring (bicyclic) bond motifs is 2. The molecule has 2 N–H and O–H groups in total. The predicted molar refractivity (Wildman–Crippen MR) is 188 cm³/mol. The molecular formula is C35H35Cl2N7O4. The minimum absolute atomic E-state index is 0.175. The number of pyridine rings is 1. The number of benzene rings is 2. The van der Waals surface area contributed by atoms with Gasteiger partial charge in [-0.15, -0.1) is 0 Å². The van der Waals surface area contributed by atoms with Gasteiger partial charge in [0.15, 0.2) is 5.65 Å². The molecule has 48 heavy (non-hydrogen) atoms. The van der Waals surface area contributed by atoms with Gasteiger partial charge in [-0.3, -0.25) is 13.9 Å². The molecule has 0 saturated carbocycles. The first-order valence-electron chi connectivity index (χ1n) is 15.9. The van der Waals surface area contributed by atoms with Crippen LogP contribution in [-0.2, 0) is 25.3 Å². The smallest absolute Gasteiger partial charge is 0.332 e. The molecule has 2 aromatic carbocycles. The van der Waals surface area contributed by atoms with Crippen molar-refractivity contribution in [3.8, 4) is 28.3 Å². The van der Waals surface area contributed by atoms with E-state index in [4.69, 9.17) is 37.7 Å². The van der Waals surface area contributed by atoms with Gasteiger partial charge in [0.25, 0.3) is 5.56 Å². The minimum Gasteiger partial charge on any atom is -0.481 e. The molecular weight excluding hydrogens is 653 g/mol. The van der Waals surface area contributed by atoms with Crippen LogP contribution in [0.25, 0.3) is 33.4 Å². The molecule has 0 spiro atoms. The van der Waals surface area contributed by atoms with Gasteiger partial charge in [-0.2, -0.15) is 0 Å². The van der Waals surface area contributed by atoms with Crippen LogP contribution in [0.2, 0.25) is 10.0 Å². The van der Waals surface area contributed by atoms with Gasteiger partial charge in [0.1, 0.15) is 17.0 Å². The zero-order chi connectivity index (χ0) is 33.7. The highest BCUT2D eigenvalue weighted by atomic mass is 35.5. The van der Waals surface area contributed by atoms with Gasteiger partial charge < -0.3 is 20.1 Å². The Hall–Kier alpha value is -4.29. The maximum Gasteiger partial charge on any atom is 0.332 e. The van der Waals surface area contributed by atoms with Crippen LogP contribution >= 0.6 is 23.2 Å². The number of aryl methyl sites for hydroxylation is 3. The molecule has 1 aliphatic carbocycles. The van der Waals surface area contributed by atoms with Crippen LogP contribution in [0.5, 0.6) is 5.88 Å². The van der Waals surface area contributed by atoms with E-state index in [1.807, 2.05) is 30.3 Å². The summed E-state index contributed by atoms with van der Waals surface area (Å²) in [5.41, 5.74) is 4.92. The van der Waals surface area contributed by atoms with Gasteiger partial charge in [-0.1, -0.05) is 53.5 Å². The third-order valence-electron chi connectivity index (χ3n) is 9.24. The first-order valence-corrected chi connectivity index (χ1v) is 16.6. The number of halogens is 2. The Balaban J connectivity index is 1.25. The van der Waals surface area contributed by atoms with Crippen LogP contribution in [-0.4, -0.2) is 50.5 Å². The number of methoxy groups -OCH3 is 1. The van der Waals surface area contributed by atoms with E-state index in [0.29, 0.717) is 44.6 Å². The van der Waals surface area contributed by atoms with Crippen LogP contribution in [0.1, 0.15) is 42.3 Å². The number of aromatic nitrogens is 5. The van der Waals surface area contributed by atoms with E-state index in [1.54, 1.807) is 27.1 Å². The highest BCUT2D eigenvalue weighted by molar-refractivity contribution is 6.39. The Kier molecular flexibility index (Phi) is 8.71. The lowest BCUT2D eigenvalue weighted by molar-refractivity contribution is 0.0748. The van der Waals surface area contributed by atoms with Crippen molar-refractivity contribution in [1.29, 1.82) is 0 Å². The molecule has 11 nitrogen and oxygen atoms in total. The summed E-state index contributed by atoms with van der Waals surface area (Å²) < 4.78 is 13.7. The third-order valence-corrected chi connectivity index (χ3v) is 10.1. The molecule has 4 heterocycles. The van der Waals surface area contributed by atoms with Gasteiger partial charge in [0.2, 0.25) is 5.88 Å². The number of nitrogens with zero attached hydrogens (tertiary/aromatic N) is 5. The van der Waals surface area contributed by atoms with Crippen molar-refractivity contribution in [2.24, 2.45) is 14.1 Å². The highest BCUT2D eigenvalue weighted by Crippen LogP contribution is 2.44. The van der Waals surface area contributed by atoms with Crippen LogP contribution in [0, 0.1) is 6.92 Å². The first-order chi connectivity index (χ1) is 23.2. The molecule has 13 heteroatoms. The predicted octanol–water partition coefficient (Wildman–Crippen LogP) is 5.88. The van der Waals surface area contributed by atoms with Crippen LogP contribution in [0.3, 0.4) is 0 Å². The lowest BCUT2D eigenvalue weighted by Gasteiger charge is -2.27. The van der Waals surface area contributed by atoms with Crippen molar-refractivity contribution < 1.29 is 9.47 Å². The normalized spacial score (nSPS) is 16.3. The topological polar surface area (TPSA) is 125 Å². The summed E-state index contributed by atoms with van der Waals surface area (Å²) in [4.78, 5) is 39.6. The fourth-order valence-electron chi connectivity index (χ4n) is 6.77. The summed E-state index contributed by atoms with van der Waals surface area (Å²) in [6, 6.07) is 14.0. The number of ether oxygens (including phenoxy) is 2. The average molecular weight is 689 g/mol. The standard InChI is InChI=1S/C35H35Cl2N7O4/c1-18-38-31(28-32(39-18)43(2)35(46)44(3)34(28)45)41-25-10-6-8-22(30(25)37)21-7-5-9-23(29(21)36)26-17-19-11-12-24(27(19)33(42-26)47-4)40-20-13-15-48-16-14-20/h5-10,17,20,24,40H,11-16H2,1-4H3,(H,38,39,41). The van der Waals surface area contributed by atoms with E-state index in [1.165, 1.54) is 17.2 Å². The maximum atomic E-state index is 13.2. The average Bonchev–Trinajstić information content (AvgIpc) is 3.49. The van der Waals surface area contributed by atoms with Gasteiger partial charge >= 0.3 is 5.69 Å². The van der Waals surface area contributed by atoms with Gasteiger partial charge in [0, 0.05) is 61.6 Å². The van der Waals surface area contributed by atoms with E-state index in [0.717, 1.165) is 60.3 Å². The van der Waals surface area contributed by atoms with Crippen molar-refractivity contribution in [3.63, 3.8) is 0 Å². The van der Waals surface area contributed by atoms with E-state index in [9.17, 15) is 9.59 Å². The van der Waals surface area contributed by atoms with Crippen molar-refractivity contribution in [2.75, 3.05) is 25.6 Å². The summed E-state index contributed by atoms with van der Waals surface area (Å²) in [7, 11) is 4.64.